The average molecular weight is 234 g/mol. The van der Waals surface area contributed by atoms with Gasteiger partial charge in [-0.15, -0.1) is 0 Å². The summed E-state index contributed by atoms with van der Waals surface area (Å²) in [5.74, 6) is -2.44. The number of amides is 1. The van der Waals surface area contributed by atoms with Crippen LogP contribution in [-0.2, 0) is 0 Å². The van der Waals surface area contributed by atoms with E-state index in [2.05, 4.69) is 0 Å². The molecule has 7 heteroatoms. The predicted molar refractivity (Wildman–Crippen MR) is 50.0 cm³/mol. The molecule has 0 atom stereocenters. The third-order valence-electron chi connectivity index (χ3n) is 1.55. The third kappa shape index (κ3) is 2.35. The lowest BCUT2D eigenvalue weighted by Crippen LogP contribution is -2.12. The molecule has 0 aromatic heterocycles. The van der Waals surface area contributed by atoms with Crippen molar-refractivity contribution >= 4 is 29.4 Å². The van der Waals surface area contributed by atoms with Gasteiger partial charge < -0.3 is 10.2 Å². The number of aromatic carboxylic acids is 1. The van der Waals surface area contributed by atoms with Crippen molar-refractivity contribution < 1.29 is 24.2 Å². The molecule has 0 saturated heterocycles. The van der Waals surface area contributed by atoms with Crippen LogP contribution in [0.5, 0.6) is 0 Å². The molecule has 0 bridgehead atoms. The van der Waals surface area contributed by atoms with Gasteiger partial charge in [0.2, 0.25) is 0 Å². The number of carboxylic acids is 1. The largest absolute Gasteiger partial charge is 0.478 e. The fourth-order valence-corrected chi connectivity index (χ4v) is 1.22. The Morgan fingerprint density at radius 2 is 1.93 bits per heavy atom. The molecule has 3 N–H and O–H groups in total. The first-order valence-corrected chi connectivity index (χ1v) is 4.02. The summed E-state index contributed by atoms with van der Waals surface area (Å²) < 4.78 is 12.9. The Bertz CT molecular complexity index is 435. The zero-order chi connectivity index (χ0) is 11.6. The lowest BCUT2D eigenvalue weighted by molar-refractivity contribution is 0.0697. The summed E-state index contributed by atoms with van der Waals surface area (Å²) in [6.07, 6.45) is -1.46. The van der Waals surface area contributed by atoms with Gasteiger partial charge in [-0.2, -0.15) is 0 Å². The maximum atomic E-state index is 12.9. The summed E-state index contributed by atoms with van der Waals surface area (Å²) >= 11 is 5.39. The van der Waals surface area contributed by atoms with Crippen LogP contribution in [0, 0.1) is 5.82 Å². The van der Waals surface area contributed by atoms with Crippen molar-refractivity contribution in [3.05, 3.63) is 28.5 Å². The van der Waals surface area contributed by atoms with E-state index in [4.69, 9.17) is 21.8 Å². The van der Waals surface area contributed by atoms with Gasteiger partial charge in [-0.25, -0.2) is 14.0 Å². The van der Waals surface area contributed by atoms with E-state index in [1.807, 2.05) is 5.32 Å². The van der Waals surface area contributed by atoms with Crippen molar-refractivity contribution in [3.63, 3.8) is 0 Å². The van der Waals surface area contributed by atoms with E-state index in [9.17, 15) is 14.0 Å². The quantitative estimate of drug-likeness (QED) is 0.731. The highest BCUT2D eigenvalue weighted by Crippen LogP contribution is 2.27. The Kier molecular flexibility index (Phi) is 3.11. The first kappa shape index (κ1) is 11.3. The minimum Gasteiger partial charge on any atom is -0.478 e. The predicted octanol–water partition coefficient (Wildman–Crippen LogP) is 2.27. The molecule has 1 aromatic carbocycles. The van der Waals surface area contributed by atoms with E-state index in [0.29, 0.717) is 0 Å². The summed E-state index contributed by atoms with van der Waals surface area (Å²) in [7, 11) is 0. The third-order valence-corrected chi connectivity index (χ3v) is 1.92. The molecule has 0 saturated carbocycles. The zero-order valence-corrected chi connectivity index (χ0v) is 7.88. The SMILES string of the molecule is O=C(O)Nc1ccc(F)c(Cl)c1C(=O)O. The molecule has 1 aromatic rings. The monoisotopic (exact) mass is 233 g/mol. The van der Waals surface area contributed by atoms with Gasteiger partial charge in [0.05, 0.1) is 10.7 Å². The van der Waals surface area contributed by atoms with Gasteiger partial charge in [-0.05, 0) is 12.1 Å². The van der Waals surface area contributed by atoms with Crippen LogP contribution in [0.4, 0.5) is 14.9 Å². The number of carbonyl (C=O) groups is 2. The van der Waals surface area contributed by atoms with Crippen LogP contribution >= 0.6 is 11.6 Å². The molecular formula is C8H5ClFNO4. The van der Waals surface area contributed by atoms with Gasteiger partial charge in [0, 0.05) is 0 Å². The Balaban J connectivity index is 3.33. The normalized spacial score (nSPS) is 9.73. The van der Waals surface area contributed by atoms with Gasteiger partial charge in [0.1, 0.15) is 11.4 Å². The summed E-state index contributed by atoms with van der Waals surface area (Å²) in [5.41, 5.74) is -0.888. The molecule has 0 spiro atoms. The first-order chi connectivity index (χ1) is 6.93. The minimum atomic E-state index is -1.51. The van der Waals surface area contributed by atoms with Crippen LogP contribution in [-0.4, -0.2) is 22.3 Å². The molecule has 1 amide bonds. The van der Waals surface area contributed by atoms with Gasteiger partial charge in [0.25, 0.3) is 0 Å². The number of carboxylic acid groups (broad SMARTS) is 2. The molecule has 0 aliphatic heterocycles. The molecule has 0 aliphatic rings. The Morgan fingerprint density at radius 3 is 2.40 bits per heavy atom. The lowest BCUT2D eigenvalue weighted by atomic mass is 10.1. The fourth-order valence-electron chi connectivity index (χ4n) is 0.979. The molecule has 0 radical (unpaired) electrons. The van der Waals surface area contributed by atoms with Crippen LogP contribution in [0.25, 0.3) is 0 Å². The van der Waals surface area contributed by atoms with Gasteiger partial charge in [0.15, 0.2) is 0 Å². The number of hydrogen-bond donors (Lipinski definition) is 3. The van der Waals surface area contributed by atoms with Crippen molar-refractivity contribution in [2.45, 2.75) is 0 Å². The minimum absolute atomic E-state index is 0.276. The summed E-state index contributed by atoms with van der Waals surface area (Å²) in [5, 5.41) is 18.3. The van der Waals surface area contributed by atoms with E-state index < -0.39 is 28.5 Å². The second-order valence-corrected chi connectivity index (χ2v) is 2.90. The number of rotatable bonds is 2. The molecule has 0 fully saturated rings. The van der Waals surface area contributed by atoms with E-state index in [1.165, 1.54) is 0 Å². The van der Waals surface area contributed by atoms with Crippen molar-refractivity contribution in [1.82, 2.24) is 0 Å². The highest BCUT2D eigenvalue weighted by atomic mass is 35.5. The second kappa shape index (κ2) is 4.14. The second-order valence-electron chi connectivity index (χ2n) is 2.52. The first-order valence-electron chi connectivity index (χ1n) is 3.64. The van der Waals surface area contributed by atoms with Crippen LogP contribution < -0.4 is 5.32 Å². The summed E-state index contributed by atoms with van der Waals surface area (Å²) in [6.45, 7) is 0. The number of benzene rings is 1. The fraction of sp³-hybridized carbons (Fsp3) is 0. The molecule has 5 nitrogen and oxygen atoms in total. The van der Waals surface area contributed by atoms with E-state index >= 15 is 0 Å². The molecular weight excluding hydrogens is 229 g/mol. The summed E-state index contributed by atoms with van der Waals surface area (Å²) in [6, 6.07) is 1.86. The van der Waals surface area contributed by atoms with E-state index in [1.54, 1.807) is 0 Å². The maximum Gasteiger partial charge on any atom is 0.409 e. The number of hydrogen-bond acceptors (Lipinski definition) is 2. The lowest BCUT2D eigenvalue weighted by Gasteiger charge is -2.07. The van der Waals surface area contributed by atoms with Gasteiger partial charge >= 0.3 is 12.1 Å². The maximum absolute atomic E-state index is 12.9. The van der Waals surface area contributed by atoms with Gasteiger partial charge in [-0.1, -0.05) is 11.6 Å². The number of halogens is 2. The number of anilines is 1. The van der Waals surface area contributed by atoms with Crippen LogP contribution in [0.2, 0.25) is 5.02 Å². The Labute approximate surface area is 88.1 Å². The number of nitrogens with one attached hydrogen (secondary N) is 1. The molecule has 0 aliphatic carbocycles. The van der Waals surface area contributed by atoms with Crippen molar-refractivity contribution in [2.75, 3.05) is 5.32 Å². The molecule has 0 unspecified atom stereocenters. The van der Waals surface area contributed by atoms with Crippen molar-refractivity contribution in [3.8, 4) is 0 Å². The van der Waals surface area contributed by atoms with Gasteiger partial charge in [-0.3, -0.25) is 5.32 Å². The van der Waals surface area contributed by atoms with Crippen LogP contribution in [0.3, 0.4) is 0 Å². The highest BCUT2D eigenvalue weighted by Gasteiger charge is 2.19. The summed E-state index contributed by atoms with van der Waals surface area (Å²) in [4.78, 5) is 21.0. The Morgan fingerprint density at radius 1 is 1.33 bits per heavy atom. The van der Waals surface area contributed by atoms with Crippen LogP contribution in [0.15, 0.2) is 12.1 Å². The zero-order valence-electron chi connectivity index (χ0n) is 7.12. The Hall–Kier alpha value is -1.82. The average Bonchev–Trinajstić information content (AvgIpc) is 2.10. The van der Waals surface area contributed by atoms with E-state index in [0.717, 1.165) is 12.1 Å². The van der Waals surface area contributed by atoms with Crippen molar-refractivity contribution in [1.29, 1.82) is 0 Å². The topological polar surface area (TPSA) is 86.6 Å². The molecule has 1 rings (SSSR count). The van der Waals surface area contributed by atoms with Crippen LogP contribution in [0.1, 0.15) is 10.4 Å². The highest BCUT2D eigenvalue weighted by molar-refractivity contribution is 6.34. The standard InChI is InChI=1S/C8H5ClFNO4/c9-6-3(10)1-2-4(11-8(14)15)5(6)7(12)13/h1-2,11H,(H,12,13)(H,14,15). The molecule has 80 valence electrons. The van der Waals surface area contributed by atoms with Crippen molar-refractivity contribution in [2.24, 2.45) is 0 Å². The van der Waals surface area contributed by atoms with E-state index in [-0.39, 0.29) is 5.69 Å². The molecule has 0 heterocycles. The smallest absolute Gasteiger partial charge is 0.409 e. The molecule has 15 heavy (non-hydrogen) atoms.